The number of fused-ring (bicyclic) bond motifs is 2. The normalized spacial score (nSPS) is 11.4. The van der Waals surface area contributed by atoms with Gasteiger partial charge in [0, 0.05) is 40.3 Å². The van der Waals surface area contributed by atoms with Gasteiger partial charge in [-0.05, 0) is 46.5 Å². The van der Waals surface area contributed by atoms with Crippen molar-refractivity contribution in [2.75, 3.05) is 7.11 Å². The number of rotatable bonds is 3. The zero-order valence-electron chi connectivity index (χ0n) is 17.8. The molecule has 0 aromatic heterocycles. The van der Waals surface area contributed by atoms with Crippen molar-refractivity contribution < 1.29 is 35.5 Å². The van der Waals surface area contributed by atoms with E-state index in [1.807, 2.05) is 0 Å². The summed E-state index contributed by atoms with van der Waals surface area (Å²) in [5, 5.41) is -0.827. The lowest BCUT2D eigenvalue weighted by molar-refractivity contribution is 0.407. The van der Waals surface area contributed by atoms with Crippen LogP contribution in [-0.4, -0.2) is 7.11 Å². The Morgan fingerprint density at radius 3 is 1.74 bits per heavy atom. The quantitative estimate of drug-likeness (QED) is 0.184. The number of hydrogen-bond donors (Lipinski definition) is 0. The summed E-state index contributed by atoms with van der Waals surface area (Å²) in [6.45, 7) is 0. The Hall–Kier alpha value is -4.07. The summed E-state index contributed by atoms with van der Waals surface area (Å²) in [6, 6.07) is 9.37. The van der Waals surface area contributed by atoms with Crippen LogP contribution in [0, 0.1) is 40.7 Å². The van der Waals surface area contributed by atoms with Crippen LogP contribution in [-0.2, 0) is 0 Å². The van der Waals surface area contributed by atoms with Gasteiger partial charge in [0.15, 0.2) is 11.6 Å². The van der Waals surface area contributed by atoms with Crippen LogP contribution in [0.1, 0.15) is 0 Å². The number of ether oxygens (including phenoxy) is 1. The average Bonchev–Trinajstić information content (AvgIpc) is 2.80. The zero-order chi connectivity index (χ0) is 25.0. The number of halogens is 7. The second-order valence-corrected chi connectivity index (χ2v) is 7.81. The molecule has 0 N–H and O–H groups in total. The van der Waals surface area contributed by atoms with Crippen LogP contribution in [0.15, 0.2) is 60.7 Å². The average molecular weight is 486 g/mol. The fourth-order valence-electron chi connectivity index (χ4n) is 4.38. The molecule has 176 valence electrons. The van der Waals surface area contributed by atoms with Crippen molar-refractivity contribution in [3.05, 3.63) is 101 Å². The third kappa shape index (κ3) is 3.56. The van der Waals surface area contributed by atoms with E-state index in [-0.39, 0.29) is 38.4 Å². The van der Waals surface area contributed by atoms with E-state index in [1.54, 1.807) is 0 Å². The molecule has 5 aromatic rings. The summed E-state index contributed by atoms with van der Waals surface area (Å²) in [4.78, 5) is 0. The van der Waals surface area contributed by atoms with E-state index in [0.717, 1.165) is 36.4 Å². The lowest BCUT2D eigenvalue weighted by Gasteiger charge is -2.19. The van der Waals surface area contributed by atoms with Crippen molar-refractivity contribution in [1.82, 2.24) is 0 Å². The highest BCUT2D eigenvalue weighted by molar-refractivity contribution is 6.21. The predicted octanol–water partition coefficient (Wildman–Crippen LogP) is 8.31. The molecule has 0 atom stereocenters. The van der Waals surface area contributed by atoms with Gasteiger partial charge in [-0.15, -0.1) is 0 Å². The van der Waals surface area contributed by atoms with E-state index in [0.29, 0.717) is 12.1 Å². The zero-order valence-corrected chi connectivity index (χ0v) is 17.8. The van der Waals surface area contributed by atoms with Gasteiger partial charge in [-0.2, -0.15) is 0 Å². The van der Waals surface area contributed by atoms with Crippen molar-refractivity contribution >= 4 is 21.5 Å². The van der Waals surface area contributed by atoms with Crippen molar-refractivity contribution in [2.24, 2.45) is 0 Å². The van der Waals surface area contributed by atoms with Crippen molar-refractivity contribution in [3.8, 4) is 28.0 Å². The Bertz CT molecular complexity index is 1640. The number of methoxy groups -OCH3 is 1. The molecule has 5 aromatic carbocycles. The van der Waals surface area contributed by atoms with Crippen molar-refractivity contribution in [3.63, 3.8) is 0 Å². The maximum Gasteiger partial charge on any atom is 0.159 e. The maximum atomic E-state index is 15.3. The first kappa shape index (κ1) is 22.7. The van der Waals surface area contributed by atoms with Gasteiger partial charge >= 0.3 is 0 Å². The van der Waals surface area contributed by atoms with E-state index in [2.05, 4.69) is 0 Å². The predicted molar refractivity (Wildman–Crippen MR) is 119 cm³/mol. The first-order chi connectivity index (χ1) is 16.7. The van der Waals surface area contributed by atoms with Crippen LogP contribution in [0.5, 0.6) is 5.75 Å². The van der Waals surface area contributed by atoms with Gasteiger partial charge < -0.3 is 4.74 Å². The minimum absolute atomic E-state index is 0.0429. The molecule has 0 aliphatic rings. The topological polar surface area (TPSA) is 9.23 Å². The SMILES string of the molecule is COc1cc(F)c(-c2c3cc(F)c(F)cc3c(-c3ccc(F)cc3F)c3cccc(F)c23)c(F)c1. The van der Waals surface area contributed by atoms with E-state index in [4.69, 9.17) is 4.74 Å². The lowest BCUT2D eigenvalue weighted by atomic mass is 9.85. The van der Waals surface area contributed by atoms with Gasteiger partial charge in [0.05, 0.1) is 12.7 Å². The van der Waals surface area contributed by atoms with Crippen LogP contribution < -0.4 is 4.74 Å². The molecule has 0 spiro atoms. The fourth-order valence-corrected chi connectivity index (χ4v) is 4.38. The number of hydrogen-bond acceptors (Lipinski definition) is 1. The molecule has 0 aliphatic carbocycles. The molecule has 8 heteroatoms. The van der Waals surface area contributed by atoms with Gasteiger partial charge in [0.1, 0.15) is 34.8 Å². The third-order valence-electron chi connectivity index (χ3n) is 5.83. The Balaban J connectivity index is 2.08. The summed E-state index contributed by atoms with van der Waals surface area (Å²) in [7, 11) is 1.20. The first-order valence-electron chi connectivity index (χ1n) is 10.2. The van der Waals surface area contributed by atoms with Crippen LogP contribution in [0.4, 0.5) is 30.7 Å². The van der Waals surface area contributed by atoms with Crippen LogP contribution >= 0.6 is 0 Å². The third-order valence-corrected chi connectivity index (χ3v) is 5.83. The minimum atomic E-state index is -1.37. The molecule has 0 saturated heterocycles. The standard InChI is InChI=1S/C27H13F7O/c1-35-13-8-22(33)27(23(34)9-13)26-17-11-21(32)20(31)10-16(17)24(14-6-5-12(28)7-19(14)30)15-3-2-4-18(29)25(15)26/h2-11H,1H3. The highest BCUT2D eigenvalue weighted by Crippen LogP contribution is 2.47. The number of benzene rings is 5. The maximum absolute atomic E-state index is 15.3. The molecule has 35 heavy (non-hydrogen) atoms. The Labute approximate surface area is 194 Å². The van der Waals surface area contributed by atoms with Crippen LogP contribution in [0.3, 0.4) is 0 Å². The summed E-state index contributed by atoms with van der Waals surface area (Å²) < 4.78 is 108. The molecule has 0 unspecified atom stereocenters. The second kappa shape index (κ2) is 8.30. The van der Waals surface area contributed by atoms with Crippen LogP contribution in [0.25, 0.3) is 43.8 Å². The first-order valence-corrected chi connectivity index (χ1v) is 10.2. The highest BCUT2D eigenvalue weighted by atomic mass is 19.2. The minimum Gasteiger partial charge on any atom is -0.497 e. The smallest absolute Gasteiger partial charge is 0.159 e. The molecule has 0 bridgehead atoms. The van der Waals surface area contributed by atoms with Crippen molar-refractivity contribution in [2.45, 2.75) is 0 Å². The van der Waals surface area contributed by atoms with Gasteiger partial charge in [-0.25, -0.2) is 30.7 Å². The molecule has 0 radical (unpaired) electrons. The molecular formula is C27H13F7O. The summed E-state index contributed by atoms with van der Waals surface area (Å²) >= 11 is 0. The van der Waals surface area contributed by atoms with E-state index in [1.165, 1.54) is 19.2 Å². The molecule has 1 nitrogen and oxygen atoms in total. The molecule has 0 heterocycles. The lowest BCUT2D eigenvalue weighted by Crippen LogP contribution is -2.00. The monoisotopic (exact) mass is 486 g/mol. The fraction of sp³-hybridized carbons (Fsp3) is 0.0370. The van der Waals surface area contributed by atoms with Crippen LogP contribution in [0.2, 0.25) is 0 Å². The highest BCUT2D eigenvalue weighted by Gasteiger charge is 2.26. The van der Waals surface area contributed by atoms with Gasteiger partial charge in [0.2, 0.25) is 0 Å². The molecule has 5 rings (SSSR count). The molecule has 0 amide bonds. The van der Waals surface area contributed by atoms with E-state index in [9.17, 15) is 17.6 Å². The van der Waals surface area contributed by atoms with E-state index >= 15 is 13.2 Å². The Kier molecular flexibility index (Phi) is 5.39. The summed E-state index contributed by atoms with van der Waals surface area (Å²) in [6.07, 6.45) is 0. The van der Waals surface area contributed by atoms with Gasteiger partial charge in [-0.1, -0.05) is 12.1 Å². The van der Waals surface area contributed by atoms with Gasteiger partial charge in [-0.3, -0.25) is 0 Å². The van der Waals surface area contributed by atoms with Crippen molar-refractivity contribution in [1.29, 1.82) is 0 Å². The molecule has 0 fully saturated rings. The Morgan fingerprint density at radius 1 is 0.514 bits per heavy atom. The summed E-state index contributed by atoms with van der Waals surface area (Å²) in [5.41, 5.74) is -1.43. The largest absolute Gasteiger partial charge is 0.497 e. The summed E-state index contributed by atoms with van der Waals surface area (Å²) in [5.74, 6) is -8.00. The second-order valence-electron chi connectivity index (χ2n) is 7.81. The van der Waals surface area contributed by atoms with Gasteiger partial charge in [0.25, 0.3) is 0 Å². The molecule has 0 aliphatic heterocycles. The molecular weight excluding hydrogens is 473 g/mol. The van der Waals surface area contributed by atoms with E-state index < -0.39 is 51.8 Å². The Morgan fingerprint density at radius 2 is 1.14 bits per heavy atom. The molecule has 0 saturated carbocycles.